The van der Waals surface area contributed by atoms with Crippen molar-refractivity contribution in [2.45, 2.75) is 51.5 Å². The smallest absolute Gasteiger partial charge is 0.224 e. The van der Waals surface area contributed by atoms with Crippen molar-refractivity contribution in [3.8, 4) is 0 Å². The lowest BCUT2D eigenvalue weighted by Gasteiger charge is -2.33. The van der Waals surface area contributed by atoms with Crippen molar-refractivity contribution in [2.75, 3.05) is 26.2 Å². The zero-order valence-corrected chi connectivity index (χ0v) is 19.0. The highest BCUT2D eigenvalue weighted by atomic mass is 19.1. The quantitative estimate of drug-likeness (QED) is 0.474. The molecule has 0 unspecified atom stereocenters. The molecule has 5 heteroatoms. The highest BCUT2D eigenvalue weighted by Gasteiger charge is 2.21. The number of benzene rings is 2. The molecule has 0 aliphatic carbocycles. The van der Waals surface area contributed by atoms with E-state index in [2.05, 4.69) is 52.2 Å². The van der Waals surface area contributed by atoms with E-state index >= 15 is 0 Å². The molecule has 2 aromatic carbocycles. The summed E-state index contributed by atoms with van der Waals surface area (Å²) in [5.41, 5.74) is 3.49. The zero-order chi connectivity index (χ0) is 22.3. The first-order chi connectivity index (χ1) is 15.6. The number of halogens is 1. The summed E-state index contributed by atoms with van der Waals surface area (Å²) in [5.74, 6) is -0.0702. The summed E-state index contributed by atoms with van der Waals surface area (Å²) in [4.78, 5) is 14.7. The van der Waals surface area contributed by atoms with Crippen LogP contribution in [0.2, 0.25) is 0 Å². The lowest BCUT2D eigenvalue weighted by atomic mass is 10.0. The van der Waals surface area contributed by atoms with Crippen LogP contribution in [0.1, 0.15) is 49.8 Å². The normalized spacial score (nSPS) is 15.3. The van der Waals surface area contributed by atoms with Crippen molar-refractivity contribution in [3.63, 3.8) is 0 Å². The van der Waals surface area contributed by atoms with Crippen LogP contribution in [-0.4, -0.2) is 41.6 Å². The molecule has 3 aromatic rings. The molecule has 1 saturated heterocycles. The van der Waals surface area contributed by atoms with E-state index in [1.165, 1.54) is 16.5 Å². The Morgan fingerprint density at radius 2 is 1.81 bits per heavy atom. The second-order valence-electron chi connectivity index (χ2n) is 8.95. The second kappa shape index (κ2) is 10.8. The van der Waals surface area contributed by atoms with Gasteiger partial charge in [0.05, 0.1) is 6.42 Å². The van der Waals surface area contributed by atoms with Crippen LogP contribution in [0.3, 0.4) is 0 Å². The van der Waals surface area contributed by atoms with E-state index in [4.69, 9.17) is 0 Å². The van der Waals surface area contributed by atoms with Crippen molar-refractivity contribution >= 4 is 16.8 Å². The number of hydrogen-bond acceptors (Lipinski definition) is 2. The van der Waals surface area contributed by atoms with Crippen LogP contribution in [-0.2, 0) is 17.6 Å². The minimum absolute atomic E-state index is 0.102. The van der Waals surface area contributed by atoms with Crippen LogP contribution < -0.4 is 5.32 Å². The molecule has 1 aliphatic heterocycles. The SMILES string of the molecule is CCCCNC(=O)Cc1ccc2ccn(C3CCN(CCc4ccc(F)cc4)CC3)c2c1. The van der Waals surface area contributed by atoms with Crippen molar-refractivity contribution in [1.82, 2.24) is 14.8 Å². The van der Waals surface area contributed by atoms with Gasteiger partial charge in [0.25, 0.3) is 0 Å². The summed E-state index contributed by atoms with van der Waals surface area (Å²) < 4.78 is 15.5. The van der Waals surface area contributed by atoms with Crippen LogP contribution in [0.5, 0.6) is 0 Å². The third-order valence-electron chi connectivity index (χ3n) is 6.59. The first kappa shape index (κ1) is 22.5. The maximum absolute atomic E-state index is 13.1. The Hall–Kier alpha value is -2.66. The van der Waals surface area contributed by atoms with Gasteiger partial charge in [-0.2, -0.15) is 0 Å². The van der Waals surface area contributed by atoms with Gasteiger partial charge in [0.2, 0.25) is 5.91 Å². The fourth-order valence-electron chi connectivity index (χ4n) is 4.63. The van der Waals surface area contributed by atoms with E-state index in [0.717, 1.165) is 63.8 Å². The van der Waals surface area contributed by atoms with Gasteiger partial charge in [-0.05, 0) is 66.5 Å². The number of amides is 1. The Morgan fingerprint density at radius 1 is 1.06 bits per heavy atom. The van der Waals surface area contributed by atoms with E-state index in [1.807, 2.05) is 12.1 Å². The summed E-state index contributed by atoms with van der Waals surface area (Å²) in [6.45, 7) is 6.05. The zero-order valence-electron chi connectivity index (χ0n) is 19.0. The predicted molar refractivity (Wildman–Crippen MR) is 128 cm³/mol. The number of carbonyl (C=O) groups excluding carboxylic acids is 1. The maximum atomic E-state index is 13.1. The molecule has 0 bridgehead atoms. The van der Waals surface area contributed by atoms with Crippen molar-refractivity contribution < 1.29 is 9.18 Å². The molecule has 2 heterocycles. The number of rotatable bonds is 9. The largest absolute Gasteiger partial charge is 0.356 e. The molecule has 4 rings (SSSR count). The number of unbranched alkanes of at least 4 members (excludes halogenated alkanes) is 1. The van der Waals surface area contributed by atoms with E-state index in [1.54, 1.807) is 12.1 Å². The van der Waals surface area contributed by atoms with E-state index in [9.17, 15) is 9.18 Å². The molecule has 32 heavy (non-hydrogen) atoms. The van der Waals surface area contributed by atoms with Gasteiger partial charge in [-0.1, -0.05) is 37.6 Å². The minimum Gasteiger partial charge on any atom is -0.356 e. The van der Waals surface area contributed by atoms with Crippen molar-refractivity contribution in [1.29, 1.82) is 0 Å². The Balaban J connectivity index is 1.33. The average molecular weight is 436 g/mol. The standard InChI is InChI=1S/C27H34FN3O/c1-2-3-14-29-27(32)20-22-4-7-23-11-18-31(26(23)19-22)25-12-16-30(17-13-25)15-10-21-5-8-24(28)9-6-21/h4-9,11,18-19,25H,2-3,10,12-17,20H2,1H3,(H,29,32). The van der Waals surface area contributed by atoms with Gasteiger partial charge in [-0.15, -0.1) is 0 Å². The van der Waals surface area contributed by atoms with Crippen LogP contribution in [0, 0.1) is 5.82 Å². The van der Waals surface area contributed by atoms with Gasteiger partial charge in [0.1, 0.15) is 5.82 Å². The summed E-state index contributed by atoms with van der Waals surface area (Å²) in [6, 6.07) is 15.9. The fourth-order valence-corrected chi connectivity index (χ4v) is 4.63. The topological polar surface area (TPSA) is 37.3 Å². The third kappa shape index (κ3) is 5.77. The molecule has 0 atom stereocenters. The van der Waals surface area contributed by atoms with Gasteiger partial charge in [-0.25, -0.2) is 4.39 Å². The van der Waals surface area contributed by atoms with Crippen LogP contribution in [0.15, 0.2) is 54.7 Å². The van der Waals surface area contributed by atoms with Gasteiger partial charge in [-0.3, -0.25) is 4.79 Å². The number of nitrogens with one attached hydrogen (secondary N) is 1. The first-order valence-corrected chi connectivity index (χ1v) is 12.0. The summed E-state index contributed by atoms with van der Waals surface area (Å²) in [7, 11) is 0. The number of hydrogen-bond donors (Lipinski definition) is 1. The lowest BCUT2D eigenvalue weighted by molar-refractivity contribution is -0.120. The van der Waals surface area contributed by atoms with Crippen molar-refractivity contribution in [2.24, 2.45) is 0 Å². The molecule has 0 spiro atoms. The second-order valence-corrected chi connectivity index (χ2v) is 8.95. The van der Waals surface area contributed by atoms with Crippen LogP contribution in [0.4, 0.5) is 4.39 Å². The molecule has 1 aliphatic rings. The summed E-state index contributed by atoms with van der Waals surface area (Å²) in [5, 5.41) is 4.25. The fraction of sp³-hybridized carbons (Fsp3) is 0.444. The highest BCUT2D eigenvalue weighted by Crippen LogP contribution is 2.28. The monoisotopic (exact) mass is 435 g/mol. The third-order valence-corrected chi connectivity index (χ3v) is 6.59. The van der Waals surface area contributed by atoms with Crippen molar-refractivity contribution in [3.05, 3.63) is 71.7 Å². The van der Waals surface area contributed by atoms with Crippen LogP contribution >= 0.6 is 0 Å². The van der Waals surface area contributed by atoms with E-state index in [0.29, 0.717) is 12.5 Å². The Labute approximate surface area is 190 Å². The van der Waals surface area contributed by atoms with Crippen LogP contribution in [0.25, 0.3) is 10.9 Å². The van der Waals surface area contributed by atoms with Gasteiger partial charge in [0.15, 0.2) is 0 Å². The van der Waals surface area contributed by atoms with E-state index in [-0.39, 0.29) is 11.7 Å². The minimum atomic E-state index is -0.172. The van der Waals surface area contributed by atoms with E-state index < -0.39 is 0 Å². The molecule has 0 radical (unpaired) electrons. The van der Waals surface area contributed by atoms with Gasteiger partial charge < -0.3 is 14.8 Å². The van der Waals surface area contributed by atoms with Gasteiger partial charge >= 0.3 is 0 Å². The molecular formula is C27H34FN3O. The molecular weight excluding hydrogens is 401 g/mol. The molecule has 4 nitrogen and oxygen atoms in total. The number of carbonyl (C=O) groups is 1. The number of aromatic nitrogens is 1. The summed E-state index contributed by atoms with van der Waals surface area (Å²) in [6.07, 6.45) is 7.95. The molecule has 0 saturated carbocycles. The molecule has 1 N–H and O–H groups in total. The number of piperidine rings is 1. The number of fused-ring (bicyclic) bond motifs is 1. The predicted octanol–water partition coefficient (Wildman–Crippen LogP) is 5.12. The first-order valence-electron chi connectivity index (χ1n) is 12.0. The maximum Gasteiger partial charge on any atom is 0.224 e. The molecule has 1 amide bonds. The molecule has 1 aromatic heterocycles. The lowest BCUT2D eigenvalue weighted by Crippen LogP contribution is -2.35. The Morgan fingerprint density at radius 3 is 2.56 bits per heavy atom. The Kier molecular flexibility index (Phi) is 7.59. The Bertz CT molecular complexity index is 1020. The van der Waals surface area contributed by atoms with Gasteiger partial charge in [0, 0.05) is 43.9 Å². The number of likely N-dealkylation sites (tertiary alicyclic amines) is 1. The highest BCUT2D eigenvalue weighted by molar-refractivity contribution is 5.84. The number of nitrogens with zero attached hydrogens (tertiary/aromatic N) is 2. The average Bonchev–Trinajstić information content (AvgIpc) is 3.22. The molecule has 1 fully saturated rings. The summed E-state index contributed by atoms with van der Waals surface area (Å²) >= 11 is 0. The molecule has 170 valence electrons.